The second-order valence-corrected chi connectivity index (χ2v) is 6.66. The number of benzene rings is 1. The molecule has 1 fully saturated rings. The largest absolute Gasteiger partial charge is 0.480 e. The van der Waals surface area contributed by atoms with Crippen LogP contribution in [0.5, 0.6) is 0 Å². The average molecular weight is 307 g/mol. The van der Waals surface area contributed by atoms with E-state index >= 15 is 0 Å². The minimum absolute atomic E-state index is 0.0527. The first-order valence-electron chi connectivity index (χ1n) is 7.26. The van der Waals surface area contributed by atoms with E-state index in [-0.39, 0.29) is 5.91 Å². The molecule has 4 nitrogen and oxygen atoms in total. The van der Waals surface area contributed by atoms with Gasteiger partial charge in [0.05, 0.1) is 0 Å². The van der Waals surface area contributed by atoms with Crippen LogP contribution < -0.4 is 0 Å². The quantitative estimate of drug-likeness (QED) is 0.850. The molecule has 0 aromatic heterocycles. The summed E-state index contributed by atoms with van der Waals surface area (Å²) >= 11 is 1.63. The molecule has 0 spiro atoms. The van der Waals surface area contributed by atoms with Crippen LogP contribution in [0.15, 0.2) is 35.2 Å². The van der Waals surface area contributed by atoms with Crippen LogP contribution >= 0.6 is 11.8 Å². The highest BCUT2D eigenvalue weighted by Crippen LogP contribution is 2.29. The SMILES string of the molecule is CC1(C(=O)O)CCCCN1C(=O)CCSc1ccccc1. The van der Waals surface area contributed by atoms with E-state index in [1.807, 2.05) is 30.3 Å². The van der Waals surface area contributed by atoms with Gasteiger partial charge in [-0.25, -0.2) is 4.79 Å². The number of carboxylic acids is 1. The van der Waals surface area contributed by atoms with Gasteiger partial charge in [0.1, 0.15) is 5.54 Å². The molecule has 0 radical (unpaired) electrons. The highest BCUT2D eigenvalue weighted by atomic mass is 32.2. The number of carbonyl (C=O) groups excluding carboxylic acids is 1. The van der Waals surface area contributed by atoms with Crippen LogP contribution in [0, 0.1) is 0 Å². The molecular formula is C16H21NO3S. The Labute approximate surface area is 129 Å². The van der Waals surface area contributed by atoms with Gasteiger partial charge in [-0.15, -0.1) is 11.8 Å². The maximum atomic E-state index is 12.4. The summed E-state index contributed by atoms with van der Waals surface area (Å²) < 4.78 is 0. The fourth-order valence-corrected chi connectivity index (χ4v) is 3.51. The van der Waals surface area contributed by atoms with Gasteiger partial charge in [-0.05, 0) is 38.3 Å². The summed E-state index contributed by atoms with van der Waals surface area (Å²) in [5, 5.41) is 9.42. The molecule has 1 aromatic carbocycles. The number of carboxylic acid groups (broad SMARTS) is 1. The smallest absolute Gasteiger partial charge is 0.329 e. The summed E-state index contributed by atoms with van der Waals surface area (Å²) in [6, 6.07) is 9.92. The average Bonchev–Trinajstić information content (AvgIpc) is 2.48. The molecule has 1 aliphatic rings. The molecule has 1 amide bonds. The fraction of sp³-hybridized carbons (Fsp3) is 0.500. The van der Waals surface area contributed by atoms with Crippen molar-refractivity contribution < 1.29 is 14.7 Å². The number of rotatable bonds is 5. The first-order chi connectivity index (χ1) is 10.0. The Balaban J connectivity index is 1.91. The lowest BCUT2D eigenvalue weighted by atomic mass is 9.88. The zero-order chi connectivity index (χ0) is 15.3. The number of carbonyl (C=O) groups is 2. The first kappa shape index (κ1) is 15.9. The van der Waals surface area contributed by atoms with Crippen molar-refractivity contribution in [1.29, 1.82) is 0 Å². The first-order valence-corrected chi connectivity index (χ1v) is 8.24. The van der Waals surface area contributed by atoms with Crippen LogP contribution in [-0.2, 0) is 9.59 Å². The van der Waals surface area contributed by atoms with Crippen molar-refractivity contribution in [2.24, 2.45) is 0 Å². The van der Waals surface area contributed by atoms with Gasteiger partial charge in [-0.3, -0.25) is 4.79 Å². The summed E-state index contributed by atoms with van der Waals surface area (Å²) in [5.74, 6) is -0.274. The molecule has 5 heteroatoms. The summed E-state index contributed by atoms with van der Waals surface area (Å²) in [6.07, 6.45) is 2.67. The summed E-state index contributed by atoms with van der Waals surface area (Å²) in [6.45, 7) is 2.22. The van der Waals surface area contributed by atoms with Gasteiger partial charge >= 0.3 is 5.97 Å². The second-order valence-electron chi connectivity index (χ2n) is 5.49. The fourth-order valence-electron chi connectivity index (χ4n) is 2.65. The van der Waals surface area contributed by atoms with Crippen molar-refractivity contribution >= 4 is 23.6 Å². The Kier molecular flexibility index (Phi) is 5.28. The third kappa shape index (κ3) is 3.79. The molecule has 0 saturated carbocycles. The molecule has 1 aliphatic heterocycles. The van der Waals surface area contributed by atoms with Crippen LogP contribution in [-0.4, -0.2) is 39.7 Å². The van der Waals surface area contributed by atoms with Crippen molar-refractivity contribution in [2.45, 2.75) is 43.0 Å². The van der Waals surface area contributed by atoms with Crippen molar-refractivity contribution in [3.05, 3.63) is 30.3 Å². The van der Waals surface area contributed by atoms with E-state index in [4.69, 9.17) is 0 Å². The van der Waals surface area contributed by atoms with E-state index in [0.29, 0.717) is 25.1 Å². The van der Waals surface area contributed by atoms with Gasteiger partial charge in [-0.2, -0.15) is 0 Å². The number of thioether (sulfide) groups is 1. The molecule has 1 aromatic rings. The molecule has 1 unspecified atom stereocenters. The van der Waals surface area contributed by atoms with Crippen molar-refractivity contribution in [3.8, 4) is 0 Å². The molecule has 1 heterocycles. The van der Waals surface area contributed by atoms with Gasteiger partial charge in [-0.1, -0.05) is 18.2 Å². The van der Waals surface area contributed by atoms with Crippen LogP contribution in [0.25, 0.3) is 0 Å². The van der Waals surface area contributed by atoms with Crippen LogP contribution in [0.3, 0.4) is 0 Å². The Morgan fingerprint density at radius 2 is 2.00 bits per heavy atom. The maximum Gasteiger partial charge on any atom is 0.329 e. The number of hydrogen-bond donors (Lipinski definition) is 1. The van der Waals surface area contributed by atoms with Crippen LogP contribution in [0.2, 0.25) is 0 Å². The highest BCUT2D eigenvalue weighted by molar-refractivity contribution is 7.99. The zero-order valence-corrected chi connectivity index (χ0v) is 13.1. The third-order valence-electron chi connectivity index (χ3n) is 3.98. The molecule has 21 heavy (non-hydrogen) atoms. The van der Waals surface area contributed by atoms with Gasteiger partial charge in [0.2, 0.25) is 5.91 Å². The lowest BCUT2D eigenvalue weighted by Crippen LogP contribution is -2.57. The van der Waals surface area contributed by atoms with Crippen LogP contribution in [0.4, 0.5) is 0 Å². The Morgan fingerprint density at radius 1 is 1.29 bits per heavy atom. The standard InChI is InChI=1S/C16H21NO3S/c1-16(15(19)20)10-5-6-11-17(16)14(18)9-12-21-13-7-3-2-4-8-13/h2-4,7-8H,5-6,9-12H2,1H3,(H,19,20). The predicted molar refractivity (Wildman–Crippen MR) is 83.4 cm³/mol. The van der Waals surface area contributed by atoms with Gasteiger partial charge in [0.15, 0.2) is 0 Å². The zero-order valence-electron chi connectivity index (χ0n) is 12.2. The van der Waals surface area contributed by atoms with Crippen molar-refractivity contribution in [2.75, 3.05) is 12.3 Å². The Hall–Kier alpha value is -1.49. The Morgan fingerprint density at radius 3 is 2.67 bits per heavy atom. The molecule has 2 rings (SSSR count). The lowest BCUT2D eigenvalue weighted by molar-refractivity contribution is -0.160. The number of hydrogen-bond acceptors (Lipinski definition) is 3. The van der Waals surface area contributed by atoms with Crippen LogP contribution in [0.1, 0.15) is 32.6 Å². The predicted octanol–water partition coefficient (Wildman–Crippen LogP) is 3.02. The van der Waals surface area contributed by atoms with Gasteiger partial charge < -0.3 is 10.0 Å². The number of nitrogens with zero attached hydrogens (tertiary/aromatic N) is 1. The van der Waals surface area contributed by atoms with Crippen molar-refractivity contribution in [1.82, 2.24) is 4.90 Å². The lowest BCUT2D eigenvalue weighted by Gasteiger charge is -2.41. The van der Waals surface area contributed by atoms with E-state index in [2.05, 4.69) is 0 Å². The van der Waals surface area contributed by atoms with E-state index < -0.39 is 11.5 Å². The van der Waals surface area contributed by atoms with Crippen molar-refractivity contribution in [3.63, 3.8) is 0 Å². The summed E-state index contributed by atoms with van der Waals surface area (Å²) in [5.41, 5.74) is -1.03. The number of piperidine rings is 1. The third-order valence-corrected chi connectivity index (χ3v) is 4.99. The van der Waals surface area contributed by atoms with E-state index in [1.165, 1.54) is 0 Å². The number of amides is 1. The molecule has 1 saturated heterocycles. The Bertz CT molecular complexity index is 506. The monoisotopic (exact) mass is 307 g/mol. The van der Waals surface area contributed by atoms with E-state index in [0.717, 1.165) is 17.7 Å². The molecule has 0 aliphatic carbocycles. The summed E-state index contributed by atoms with van der Waals surface area (Å²) in [7, 11) is 0. The number of likely N-dealkylation sites (tertiary alicyclic amines) is 1. The molecule has 0 bridgehead atoms. The van der Waals surface area contributed by atoms with Gasteiger partial charge in [0.25, 0.3) is 0 Å². The summed E-state index contributed by atoms with van der Waals surface area (Å²) in [4.78, 5) is 26.5. The molecule has 1 N–H and O–H groups in total. The second kappa shape index (κ2) is 6.98. The topological polar surface area (TPSA) is 57.6 Å². The minimum atomic E-state index is -1.03. The normalized spacial score (nSPS) is 22.0. The minimum Gasteiger partial charge on any atom is -0.480 e. The van der Waals surface area contributed by atoms with E-state index in [9.17, 15) is 14.7 Å². The maximum absolute atomic E-state index is 12.4. The van der Waals surface area contributed by atoms with E-state index in [1.54, 1.807) is 23.6 Å². The number of aliphatic carboxylic acids is 1. The molecule has 114 valence electrons. The molecule has 1 atom stereocenters. The highest BCUT2D eigenvalue weighted by Gasteiger charge is 2.43. The molecular weight excluding hydrogens is 286 g/mol. The van der Waals surface area contributed by atoms with Gasteiger partial charge in [0, 0.05) is 23.6 Å².